The van der Waals surface area contributed by atoms with Gasteiger partial charge >= 0.3 is 0 Å². The molecule has 0 unspecified atom stereocenters. The maximum Gasteiger partial charge on any atom is 0.111 e. The van der Waals surface area contributed by atoms with Crippen LogP contribution in [0, 0.1) is 6.85 Å². The van der Waals surface area contributed by atoms with E-state index >= 15 is 0 Å². The van der Waals surface area contributed by atoms with Gasteiger partial charge in [0.1, 0.15) is 5.82 Å². The second-order valence-corrected chi connectivity index (χ2v) is 11.5. The van der Waals surface area contributed by atoms with Crippen LogP contribution >= 0.6 is 0 Å². The number of rotatable bonds is 3. The van der Waals surface area contributed by atoms with Gasteiger partial charge in [-0.3, -0.25) is 4.57 Å². The summed E-state index contributed by atoms with van der Waals surface area (Å²) in [6.07, 6.45) is 0. The lowest BCUT2D eigenvalue weighted by Crippen LogP contribution is -1.97. The molecule has 1 heterocycles. The number of aromatic nitrogens is 2. The summed E-state index contributed by atoms with van der Waals surface area (Å²) in [5, 5.41) is 2.17. The van der Waals surface area contributed by atoms with Crippen molar-refractivity contribution in [3.63, 3.8) is 0 Å². The van der Waals surface area contributed by atoms with Crippen LogP contribution in [-0.2, 0) is 0 Å². The highest BCUT2D eigenvalue weighted by Gasteiger charge is 2.24. The zero-order valence-electron chi connectivity index (χ0n) is 35.2. The molecule has 1 aromatic heterocycles. The molecule has 0 saturated carbocycles. The standard InChI is InChI=1S/C44H28N2/c1-27-45-40-19-8-9-20-41(40)46(27)29-23-21-28(22-24-29)42-33-13-4-6-15-35(33)44(36-16-7-5-14-34(36)42)39-26-25-38-31-12-3-2-11-30(31)32-17-10-18-37(39)43(32)38/h2-26H,1H3/i1D3,4D,5D,6D,7D,13D,14D,15D,16D. The second-order valence-electron chi connectivity index (χ2n) is 11.5. The van der Waals surface area contributed by atoms with Crippen LogP contribution in [0.1, 0.15) is 20.9 Å². The monoisotopic (exact) mass is 595 g/mol. The summed E-state index contributed by atoms with van der Waals surface area (Å²) in [6.45, 7) is -2.54. The molecule has 8 aromatic carbocycles. The molecule has 0 radical (unpaired) electrons. The van der Waals surface area contributed by atoms with Gasteiger partial charge in [0.25, 0.3) is 0 Å². The first kappa shape index (κ1) is 16.9. The van der Waals surface area contributed by atoms with E-state index < -0.39 is 31.0 Å². The molecule has 10 rings (SSSR count). The maximum atomic E-state index is 9.42. The molecule has 1 aliphatic carbocycles. The molecule has 0 atom stereocenters. The van der Waals surface area contributed by atoms with Crippen molar-refractivity contribution in [3.8, 4) is 50.2 Å². The van der Waals surface area contributed by atoms with Crippen LogP contribution in [0.5, 0.6) is 0 Å². The average Bonchev–Trinajstić information content (AvgIpc) is 3.78. The van der Waals surface area contributed by atoms with Gasteiger partial charge in [-0.15, -0.1) is 0 Å². The number of benzene rings is 8. The fraction of sp³-hybridized carbons (Fsp3) is 0.0227. The van der Waals surface area contributed by atoms with E-state index in [9.17, 15) is 5.48 Å². The van der Waals surface area contributed by atoms with Gasteiger partial charge in [-0.25, -0.2) is 4.98 Å². The van der Waals surface area contributed by atoms with Gasteiger partial charge in [0.05, 0.1) is 22.0 Å². The van der Waals surface area contributed by atoms with Crippen molar-refractivity contribution >= 4 is 43.4 Å². The van der Waals surface area contributed by atoms with Crippen LogP contribution in [0.15, 0.2) is 151 Å². The number of hydrogen-bond donors (Lipinski definition) is 0. The van der Waals surface area contributed by atoms with Crippen LogP contribution in [-0.4, -0.2) is 9.55 Å². The van der Waals surface area contributed by atoms with Gasteiger partial charge in [-0.05, 0) is 108 Å². The SMILES string of the molecule is [2H]c1c([2H])c([2H])c2c(-c3ccc4c5c(cccc35)-c3ccccc3-4)c3c([2H])c([2H])c([2H])c([2H])c3c(-c3ccc(-n4c(C([2H])([2H])[2H])nc5ccccc54)cc3)c2c1[2H]. The minimum atomic E-state index is -2.54. The average molecular weight is 596 g/mol. The number of imidazole rings is 1. The Balaban J connectivity index is 1.35. The fourth-order valence-electron chi connectivity index (χ4n) is 7.27. The summed E-state index contributed by atoms with van der Waals surface area (Å²) < 4.78 is 99.2. The summed E-state index contributed by atoms with van der Waals surface area (Å²) in [7, 11) is 0. The van der Waals surface area contributed by atoms with Crippen LogP contribution in [0.25, 0.3) is 93.5 Å². The largest absolute Gasteiger partial charge is 0.297 e. The normalized spacial score (nSPS) is 15.7. The smallest absolute Gasteiger partial charge is 0.111 e. The molecule has 2 heteroatoms. The third-order valence-corrected chi connectivity index (χ3v) is 9.17. The van der Waals surface area contributed by atoms with E-state index in [2.05, 4.69) is 17.1 Å². The predicted molar refractivity (Wildman–Crippen MR) is 194 cm³/mol. The van der Waals surface area contributed by atoms with Gasteiger partial charge in [0.15, 0.2) is 0 Å². The number of nitrogens with zero attached hydrogens (tertiary/aromatic N) is 2. The Kier molecular flexibility index (Phi) is 3.49. The lowest BCUT2D eigenvalue weighted by atomic mass is 9.84. The van der Waals surface area contributed by atoms with Gasteiger partial charge < -0.3 is 0 Å². The summed E-state index contributed by atoms with van der Waals surface area (Å²) in [4.78, 5) is 4.42. The molecule has 46 heavy (non-hydrogen) atoms. The molecule has 2 nitrogen and oxygen atoms in total. The molecular weight excluding hydrogens is 556 g/mol. The first-order valence-corrected chi connectivity index (χ1v) is 15.0. The van der Waals surface area contributed by atoms with Gasteiger partial charge in [0.2, 0.25) is 0 Å². The highest BCUT2D eigenvalue weighted by molar-refractivity contribution is 6.26. The highest BCUT2D eigenvalue weighted by Crippen LogP contribution is 2.51. The molecule has 0 spiro atoms. The minimum absolute atomic E-state index is 0.101. The molecule has 9 aromatic rings. The van der Waals surface area contributed by atoms with Crippen molar-refractivity contribution in [3.05, 3.63) is 157 Å². The number of para-hydroxylation sites is 2. The van der Waals surface area contributed by atoms with Gasteiger partial charge in [-0.2, -0.15) is 0 Å². The van der Waals surface area contributed by atoms with E-state index in [0.717, 1.165) is 33.0 Å². The quantitative estimate of drug-likeness (QED) is 0.186. The van der Waals surface area contributed by atoms with Crippen molar-refractivity contribution in [1.82, 2.24) is 9.55 Å². The lowest BCUT2D eigenvalue weighted by molar-refractivity contribution is 1.00. The van der Waals surface area contributed by atoms with E-state index in [-0.39, 0.29) is 62.7 Å². The van der Waals surface area contributed by atoms with Crippen molar-refractivity contribution in [1.29, 1.82) is 0 Å². The third-order valence-electron chi connectivity index (χ3n) is 9.17. The molecule has 214 valence electrons. The van der Waals surface area contributed by atoms with E-state index in [4.69, 9.17) is 9.60 Å². The first-order valence-electron chi connectivity index (χ1n) is 20.5. The summed E-state index contributed by atoms with van der Waals surface area (Å²) in [6, 6.07) is 28.3. The van der Waals surface area contributed by atoms with E-state index in [0.29, 0.717) is 27.8 Å². The number of aryl methyl sites for hydroxylation is 1. The summed E-state index contributed by atoms with van der Waals surface area (Å²) >= 11 is 0. The number of hydrogen-bond acceptors (Lipinski definition) is 1. The van der Waals surface area contributed by atoms with E-state index in [1.54, 1.807) is 53.1 Å². The lowest BCUT2D eigenvalue weighted by Gasteiger charge is -2.19. The topological polar surface area (TPSA) is 17.8 Å². The third kappa shape index (κ3) is 3.44. The molecule has 0 amide bonds. The van der Waals surface area contributed by atoms with Crippen LogP contribution < -0.4 is 0 Å². The maximum absolute atomic E-state index is 9.42. The Bertz CT molecular complexity index is 3150. The van der Waals surface area contributed by atoms with Gasteiger partial charge in [-0.1, -0.05) is 127 Å². The summed E-state index contributed by atoms with van der Waals surface area (Å²) in [5.74, 6) is -0.131. The van der Waals surface area contributed by atoms with Crippen molar-refractivity contribution in [2.24, 2.45) is 0 Å². The highest BCUT2D eigenvalue weighted by atomic mass is 15.1. The Hall–Kier alpha value is -5.99. The molecule has 0 N–H and O–H groups in total. The summed E-state index contributed by atoms with van der Waals surface area (Å²) in [5.41, 5.74) is 7.14. The molecule has 0 saturated heterocycles. The van der Waals surface area contributed by atoms with Crippen molar-refractivity contribution in [2.75, 3.05) is 0 Å². The van der Waals surface area contributed by atoms with Crippen molar-refractivity contribution in [2.45, 2.75) is 6.85 Å². The van der Waals surface area contributed by atoms with Crippen molar-refractivity contribution < 1.29 is 15.1 Å². The van der Waals surface area contributed by atoms with Crippen LogP contribution in [0.2, 0.25) is 0 Å². The Morgan fingerprint density at radius 2 is 1.11 bits per heavy atom. The Morgan fingerprint density at radius 1 is 0.522 bits per heavy atom. The molecule has 0 fully saturated rings. The first-order chi connectivity index (χ1) is 27.3. The van der Waals surface area contributed by atoms with Crippen LogP contribution in [0.3, 0.4) is 0 Å². The van der Waals surface area contributed by atoms with Gasteiger partial charge in [0, 0.05) is 9.80 Å². The zero-order chi connectivity index (χ0) is 39.8. The second kappa shape index (κ2) is 9.50. The zero-order valence-corrected chi connectivity index (χ0v) is 24.2. The van der Waals surface area contributed by atoms with E-state index in [1.807, 2.05) is 42.5 Å². The Morgan fingerprint density at radius 3 is 1.80 bits per heavy atom. The molecule has 0 aliphatic heterocycles. The Labute approximate surface area is 282 Å². The minimum Gasteiger partial charge on any atom is -0.297 e. The number of fused-ring (bicyclic) bond motifs is 6. The van der Waals surface area contributed by atoms with E-state index in [1.165, 1.54) is 0 Å². The molecule has 1 aliphatic rings. The predicted octanol–water partition coefficient (Wildman–Crippen LogP) is 11.8. The molecule has 0 bridgehead atoms. The fourth-order valence-corrected chi connectivity index (χ4v) is 7.27. The molecular formula is C44H28N2. The van der Waals surface area contributed by atoms with Crippen LogP contribution in [0.4, 0.5) is 0 Å².